The minimum absolute atomic E-state index is 0.0414. The number of H-pyrrole nitrogens is 1. The number of piperazine rings is 1. The number of benzene rings is 2. The summed E-state index contributed by atoms with van der Waals surface area (Å²) >= 11 is 0. The SMILES string of the molecule is O=C(/C=C/c1cc2ccccc2[nH]c1=O)N1CCN2CCc3ccccc3C2C1. The van der Waals surface area contributed by atoms with E-state index in [0.717, 1.165) is 37.0 Å². The van der Waals surface area contributed by atoms with Crippen LogP contribution in [0.5, 0.6) is 0 Å². The third kappa shape index (κ3) is 3.38. The normalized spacial score (nSPS) is 19.3. The molecule has 0 saturated carbocycles. The molecule has 5 nitrogen and oxygen atoms in total. The summed E-state index contributed by atoms with van der Waals surface area (Å²) in [6, 6.07) is 18.3. The fraction of sp³-hybridized carbons (Fsp3) is 0.250. The van der Waals surface area contributed by atoms with E-state index in [-0.39, 0.29) is 17.5 Å². The number of nitrogens with one attached hydrogen (secondary N) is 1. The first-order valence-electron chi connectivity index (χ1n) is 10.1. The Kier molecular flexibility index (Phi) is 4.52. The van der Waals surface area contributed by atoms with Gasteiger partial charge in [0.25, 0.3) is 5.56 Å². The lowest BCUT2D eigenvalue weighted by Crippen LogP contribution is -2.52. The number of rotatable bonds is 2. The number of hydrogen-bond acceptors (Lipinski definition) is 3. The van der Waals surface area contributed by atoms with Gasteiger partial charge in [-0.3, -0.25) is 14.5 Å². The van der Waals surface area contributed by atoms with E-state index in [9.17, 15) is 9.59 Å². The molecule has 5 rings (SSSR count). The van der Waals surface area contributed by atoms with E-state index >= 15 is 0 Å². The topological polar surface area (TPSA) is 56.4 Å². The molecular weight excluding hydrogens is 362 g/mol. The van der Waals surface area contributed by atoms with Crippen LogP contribution in [-0.4, -0.2) is 46.9 Å². The molecule has 146 valence electrons. The highest BCUT2D eigenvalue weighted by Crippen LogP contribution is 2.32. The molecule has 2 aliphatic heterocycles. The van der Waals surface area contributed by atoms with E-state index < -0.39 is 0 Å². The summed E-state index contributed by atoms with van der Waals surface area (Å²) in [6.45, 7) is 3.34. The summed E-state index contributed by atoms with van der Waals surface area (Å²) in [5.41, 5.74) is 3.85. The van der Waals surface area contributed by atoms with Crippen molar-refractivity contribution in [1.82, 2.24) is 14.8 Å². The highest BCUT2D eigenvalue weighted by Gasteiger charge is 2.33. The predicted molar refractivity (Wildman–Crippen MR) is 115 cm³/mol. The van der Waals surface area contributed by atoms with Crippen molar-refractivity contribution in [2.45, 2.75) is 12.5 Å². The first kappa shape index (κ1) is 17.9. The zero-order valence-electron chi connectivity index (χ0n) is 16.2. The van der Waals surface area contributed by atoms with Crippen molar-refractivity contribution in [3.63, 3.8) is 0 Å². The van der Waals surface area contributed by atoms with Crippen molar-refractivity contribution >= 4 is 22.9 Å². The number of hydrogen-bond donors (Lipinski definition) is 1. The minimum atomic E-state index is -0.182. The lowest BCUT2D eigenvalue weighted by molar-refractivity contribution is -0.129. The van der Waals surface area contributed by atoms with Gasteiger partial charge in [-0.1, -0.05) is 42.5 Å². The fourth-order valence-electron chi connectivity index (χ4n) is 4.49. The summed E-state index contributed by atoms with van der Waals surface area (Å²) in [5.74, 6) is -0.0414. The Morgan fingerprint density at radius 3 is 2.79 bits per heavy atom. The second-order valence-corrected chi connectivity index (χ2v) is 7.76. The van der Waals surface area contributed by atoms with Crippen molar-refractivity contribution in [1.29, 1.82) is 0 Å². The maximum absolute atomic E-state index is 12.8. The maximum atomic E-state index is 12.8. The molecule has 0 aliphatic carbocycles. The van der Waals surface area contributed by atoms with Crippen LogP contribution in [0.15, 0.2) is 65.5 Å². The van der Waals surface area contributed by atoms with E-state index in [1.165, 1.54) is 17.2 Å². The number of fused-ring (bicyclic) bond motifs is 4. The van der Waals surface area contributed by atoms with Crippen LogP contribution in [0, 0.1) is 0 Å². The van der Waals surface area contributed by atoms with Gasteiger partial charge in [0.15, 0.2) is 0 Å². The number of pyridine rings is 1. The van der Waals surface area contributed by atoms with Crippen molar-refractivity contribution in [3.8, 4) is 0 Å². The Bertz CT molecular complexity index is 1160. The molecule has 1 unspecified atom stereocenters. The Morgan fingerprint density at radius 1 is 1.03 bits per heavy atom. The van der Waals surface area contributed by atoms with Crippen LogP contribution in [0.1, 0.15) is 22.7 Å². The minimum Gasteiger partial charge on any atom is -0.336 e. The molecule has 0 bridgehead atoms. The van der Waals surface area contributed by atoms with Gasteiger partial charge in [0.05, 0.1) is 6.04 Å². The van der Waals surface area contributed by atoms with E-state index in [1.54, 1.807) is 6.08 Å². The number of aromatic amines is 1. The second kappa shape index (κ2) is 7.33. The van der Waals surface area contributed by atoms with Crippen LogP contribution in [-0.2, 0) is 11.2 Å². The van der Waals surface area contributed by atoms with Gasteiger partial charge in [-0.05, 0) is 41.1 Å². The number of amides is 1. The summed E-state index contributed by atoms with van der Waals surface area (Å²) < 4.78 is 0. The van der Waals surface area contributed by atoms with E-state index in [1.807, 2.05) is 35.2 Å². The number of aromatic nitrogens is 1. The van der Waals surface area contributed by atoms with Crippen LogP contribution < -0.4 is 5.56 Å². The summed E-state index contributed by atoms with van der Waals surface area (Å²) in [7, 11) is 0. The van der Waals surface area contributed by atoms with Gasteiger partial charge in [-0.25, -0.2) is 0 Å². The van der Waals surface area contributed by atoms with E-state index in [2.05, 4.69) is 34.1 Å². The molecule has 5 heteroatoms. The highest BCUT2D eigenvalue weighted by molar-refractivity contribution is 5.92. The lowest BCUT2D eigenvalue weighted by Gasteiger charge is -2.44. The Labute approximate surface area is 169 Å². The molecule has 1 N–H and O–H groups in total. The quantitative estimate of drug-likeness (QED) is 0.690. The van der Waals surface area contributed by atoms with Gasteiger partial charge in [0.2, 0.25) is 5.91 Å². The van der Waals surface area contributed by atoms with Gasteiger partial charge in [-0.15, -0.1) is 0 Å². The van der Waals surface area contributed by atoms with Crippen LogP contribution in [0.4, 0.5) is 0 Å². The third-order valence-electron chi connectivity index (χ3n) is 6.07. The number of nitrogens with zero attached hydrogens (tertiary/aromatic N) is 2. The standard InChI is InChI=1S/C24H23N3O2/c28-23(10-9-19-15-18-6-2-4-8-21(18)25-24(19)29)27-14-13-26-12-11-17-5-1-3-7-20(17)22(26)16-27/h1-10,15,22H,11-14,16H2,(H,25,29)/b10-9+. The first-order chi connectivity index (χ1) is 14.2. The number of carbonyl (C=O) groups excluding carboxylic acids is 1. The number of para-hydroxylation sites is 1. The molecule has 2 aliphatic rings. The molecule has 3 aromatic rings. The zero-order valence-corrected chi connectivity index (χ0v) is 16.2. The van der Waals surface area contributed by atoms with Crippen LogP contribution in [0.25, 0.3) is 17.0 Å². The highest BCUT2D eigenvalue weighted by atomic mass is 16.2. The largest absolute Gasteiger partial charge is 0.336 e. The van der Waals surface area contributed by atoms with Crippen molar-refractivity contribution in [3.05, 3.63) is 87.7 Å². The second-order valence-electron chi connectivity index (χ2n) is 7.76. The van der Waals surface area contributed by atoms with Crippen LogP contribution in [0.3, 0.4) is 0 Å². The molecule has 29 heavy (non-hydrogen) atoms. The molecule has 1 amide bonds. The van der Waals surface area contributed by atoms with Crippen LogP contribution in [0.2, 0.25) is 0 Å². The zero-order chi connectivity index (χ0) is 19.8. The van der Waals surface area contributed by atoms with Gasteiger partial charge in [-0.2, -0.15) is 0 Å². The molecular formula is C24H23N3O2. The predicted octanol–water partition coefficient (Wildman–Crippen LogP) is 2.98. The lowest BCUT2D eigenvalue weighted by atomic mass is 9.91. The maximum Gasteiger partial charge on any atom is 0.255 e. The van der Waals surface area contributed by atoms with Gasteiger partial charge in [0, 0.05) is 43.3 Å². The molecule has 0 radical (unpaired) electrons. The van der Waals surface area contributed by atoms with Gasteiger partial charge >= 0.3 is 0 Å². The monoisotopic (exact) mass is 385 g/mol. The Morgan fingerprint density at radius 2 is 1.86 bits per heavy atom. The molecule has 1 atom stereocenters. The number of carbonyl (C=O) groups is 1. The molecule has 1 aromatic heterocycles. The molecule has 2 aromatic carbocycles. The third-order valence-corrected chi connectivity index (χ3v) is 6.07. The molecule has 0 spiro atoms. The van der Waals surface area contributed by atoms with Gasteiger partial charge < -0.3 is 9.88 Å². The first-order valence-corrected chi connectivity index (χ1v) is 10.1. The average molecular weight is 385 g/mol. The Hall–Kier alpha value is -3.18. The fourth-order valence-corrected chi connectivity index (χ4v) is 4.49. The van der Waals surface area contributed by atoms with E-state index in [0.29, 0.717) is 12.1 Å². The summed E-state index contributed by atoms with van der Waals surface area (Å²) in [6.07, 6.45) is 4.24. The summed E-state index contributed by atoms with van der Waals surface area (Å²) in [4.78, 5) is 32.4. The smallest absolute Gasteiger partial charge is 0.255 e. The van der Waals surface area contributed by atoms with Crippen molar-refractivity contribution < 1.29 is 4.79 Å². The molecule has 1 fully saturated rings. The van der Waals surface area contributed by atoms with Crippen LogP contribution >= 0.6 is 0 Å². The Balaban J connectivity index is 1.36. The summed E-state index contributed by atoms with van der Waals surface area (Å²) in [5, 5.41) is 0.951. The van der Waals surface area contributed by atoms with Gasteiger partial charge in [0.1, 0.15) is 0 Å². The average Bonchev–Trinajstić information content (AvgIpc) is 2.77. The molecule has 3 heterocycles. The van der Waals surface area contributed by atoms with Crippen molar-refractivity contribution in [2.24, 2.45) is 0 Å². The van der Waals surface area contributed by atoms with Crippen molar-refractivity contribution in [2.75, 3.05) is 26.2 Å². The molecule has 1 saturated heterocycles. The van der Waals surface area contributed by atoms with E-state index in [4.69, 9.17) is 0 Å².